The van der Waals surface area contributed by atoms with E-state index in [4.69, 9.17) is 11.5 Å². The van der Waals surface area contributed by atoms with E-state index >= 15 is 0 Å². The van der Waals surface area contributed by atoms with Crippen LogP contribution in [0, 0.1) is 0 Å². The van der Waals surface area contributed by atoms with Crippen LogP contribution >= 0.6 is 0 Å². The van der Waals surface area contributed by atoms with E-state index in [0.29, 0.717) is 5.69 Å². The van der Waals surface area contributed by atoms with Crippen LogP contribution in [-0.2, 0) is 6.42 Å². The molecule has 0 saturated carbocycles. The van der Waals surface area contributed by atoms with E-state index in [1.807, 2.05) is 24.3 Å². The molecule has 16 heavy (non-hydrogen) atoms. The molecule has 0 aliphatic heterocycles. The van der Waals surface area contributed by atoms with Crippen molar-refractivity contribution in [1.29, 1.82) is 0 Å². The first kappa shape index (κ1) is 9.09. The fraction of sp³-hybridized carbons (Fsp3) is 0.0769. The van der Waals surface area contributed by atoms with Crippen molar-refractivity contribution in [2.45, 2.75) is 6.42 Å². The molecule has 1 aliphatic carbocycles. The third-order valence-corrected chi connectivity index (χ3v) is 3.00. The van der Waals surface area contributed by atoms with Crippen LogP contribution < -0.4 is 11.5 Å². The Morgan fingerprint density at radius 1 is 0.938 bits per heavy atom. The average Bonchev–Trinajstić information content (AvgIpc) is 2.54. The van der Waals surface area contributed by atoms with E-state index in [1.54, 1.807) is 6.07 Å². The number of hydrogen-bond donors (Lipinski definition) is 3. The summed E-state index contributed by atoms with van der Waals surface area (Å²) in [5.74, 6) is 0.249. The van der Waals surface area contributed by atoms with Gasteiger partial charge in [-0.2, -0.15) is 0 Å². The number of rotatable bonds is 0. The Kier molecular flexibility index (Phi) is 1.66. The number of fused-ring (bicyclic) bond motifs is 3. The lowest BCUT2D eigenvalue weighted by atomic mass is 10.0. The monoisotopic (exact) mass is 212 g/mol. The van der Waals surface area contributed by atoms with E-state index in [-0.39, 0.29) is 5.75 Å². The highest BCUT2D eigenvalue weighted by molar-refractivity contribution is 5.84. The molecule has 0 fully saturated rings. The summed E-state index contributed by atoms with van der Waals surface area (Å²) < 4.78 is 0. The number of nitrogens with two attached hydrogens (primary N) is 2. The van der Waals surface area contributed by atoms with Gasteiger partial charge in [0, 0.05) is 23.0 Å². The van der Waals surface area contributed by atoms with Crippen LogP contribution in [0.3, 0.4) is 0 Å². The van der Waals surface area contributed by atoms with Crippen LogP contribution in [0.15, 0.2) is 30.3 Å². The summed E-state index contributed by atoms with van der Waals surface area (Å²) in [6.45, 7) is 0. The predicted molar refractivity (Wildman–Crippen MR) is 65.2 cm³/mol. The summed E-state index contributed by atoms with van der Waals surface area (Å²) in [7, 11) is 0. The molecule has 5 N–H and O–H groups in total. The van der Waals surface area contributed by atoms with Crippen LogP contribution in [0.2, 0.25) is 0 Å². The lowest BCUT2D eigenvalue weighted by Crippen LogP contribution is -1.88. The summed E-state index contributed by atoms with van der Waals surface area (Å²) in [4.78, 5) is 0. The molecule has 2 aromatic rings. The Balaban J connectivity index is 2.29. The van der Waals surface area contributed by atoms with Gasteiger partial charge >= 0.3 is 0 Å². The van der Waals surface area contributed by atoms with E-state index in [0.717, 1.165) is 34.4 Å². The second-order valence-electron chi connectivity index (χ2n) is 4.17. The molecular formula is C13H12N2O. The molecule has 3 rings (SSSR count). The Bertz CT molecular complexity index is 591. The quantitative estimate of drug-likeness (QED) is 0.500. The molecule has 3 nitrogen and oxygen atoms in total. The first-order chi connectivity index (χ1) is 7.65. The minimum absolute atomic E-state index is 0.249. The van der Waals surface area contributed by atoms with Crippen molar-refractivity contribution in [3.63, 3.8) is 0 Å². The van der Waals surface area contributed by atoms with Gasteiger partial charge in [-0.05, 0) is 41.3 Å². The molecule has 3 heteroatoms. The molecule has 0 unspecified atom stereocenters. The number of nitrogen functional groups attached to an aromatic ring is 2. The third kappa shape index (κ3) is 1.15. The zero-order valence-electron chi connectivity index (χ0n) is 8.70. The van der Waals surface area contributed by atoms with Crippen molar-refractivity contribution in [3.8, 4) is 16.9 Å². The van der Waals surface area contributed by atoms with Gasteiger partial charge in [-0.25, -0.2) is 0 Å². The van der Waals surface area contributed by atoms with Crippen molar-refractivity contribution in [2.75, 3.05) is 11.5 Å². The smallest absolute Gasteiger partial charge is 0.125 e. The van der Waals surface area contributed by atoms with E-state index in [1.165, 1.54) is 0 Å². The van der Waals surface area contributed by atoms with E-state index in [2.05, 4.69) is 0 Å². The molecule has 0 saturated heterocycles. The van der Waals surface area contributed by atoms with Crippen molar-refractivity contribution in [1.82, 2.24) is 0 Å². The number of benzene rings is 2. The van der Waals surface area contributed by atoms with Crippen molar-refractivity contribution in [2.24, 2.45) is 0 Å². The lowest BCUT2D eigenvalue weighted by Gasteiger charge is -2.05. The van der Waals surface area contributed by atoms with Crippen LogP contribution in [0.1, 0.15) is 11.1 Å². The number of phenols is 1. The zero-order chi connectivity index (χ0) is 11.3. The maximum atomic E-state index is 9.92. The highest BCUT2D eigenvalue weighted by Crippen LogP contribution is 2.43. The summed E-state index contributed by atoms with van der Waals surface area (Å²) in [5.41, 5.74) is 17.0. The fourth-order valence-electron chi connectivity index (χ4n) is 2.37. The third-order valence-electron chi connectivity index (χ3n) is 3.00. The van der Waals surface area contributed by atoms with Gasteiger partial charge in [-0.1, -0.05) is 6.07 Å². The number of anilines is 2. The molecule has 0 radical (unpaired) electrons. The maximum absolute atomic E-state index is 9.92. The molecule has 0 spiro atoms. The van der Waals surface area contributed by atoms with Crippen molar-refractivity contribution in [3.05, 3.63) is 41.5 Å². The second-order valence-corrected chi connectivity index (χ2v) is 4.17. The lowest BCUT2D eigenvalue weighted by molar-refractivity contribution is 0.477. The Morgan fingerprint density at radius 3 is 2.50 bits per heavy atom. The Morgan fingerprint density at radius 2 is 1.69 bits per heavy atom. The SMILES string of the molecule is Nc1ccc2c(c1)Cc1cc(N)cc(O)c1-2. The number of hydrogen-bond acceptors (Lipinski definition) is 3. The second kappa shape index (κ2) is 2.92. The summed E-state index contributed by atoms with van der Waals surface area (Å²) in [5, 5.41) is 9.92. The molecular weight excluding hydrogens is 200 g/mol. The normalized spacial score (nSPS) is 12.2. The largest absolute Gasteiger partial charge is 0.507 e. The topological polar surface area (TPSA) is 72.3 Å². The van der Waals surface area contributed by atoms with Gasteiger partial charge in [-0.15, -0.1) is 0 Å². The zero-order valence-corrected chi connectivity index (χ0v) is 8.70. The standard InChI is InChI=1S/C13H12N2O/c14-9-1-2-11-7(4-9)3-8-5-10(15)6-12(16)13(8)11/h1-2,4-6,16H,3,14-15H2. The molecule has 0 atom stereocenters. The average molecular weight is 212 g/mol. The molecule has 2 aromatic carbocycles. The first-order valence-electron chi connectivity index (χ1n) is 5.15. The van der Waals surface area contributed by atoms with Crippen molar-refractivity contribution >= 4 is 11.4 Å². The van der Waals surface area contributed by atoms with Gasteiger partial charge in [-0.3, -0.25) is 0 Å². The van der Waals surface area contributed by atoms with Gasteiger partial charge in [0.2, 0.25) is 0 Å². The summed E-state index contributed by atoms with van der Waals surface area (Å²) >= 11 is 0. The minimum Gasteiger partial charge on any atom is -0.507 e. The van der Waals surface area contributed by atoms with Gasteiger partial charge in [0.05, 0.1) is 0 Å². The molecule has 80 valence electrons. The van der Waals surface area contributed by atoms with Crippen LogP contribution in [0.5, 0.6) is 5.75 Å². The van der Waals surface area contributed by atoms with Gasteiger partial charge in [0.1, 0.15) is 5.75 Å². The maximum Gasteiger partial charge on any atom is 0.125 e. The highest BCUT2D eigenvalue weighted by atomic mass is 16.3. The Labute approximate surface area is 93.3 Å². The summed E-state index contributed by atoms with van der Waals surface area (Å²) in [6, 6.07) is 9.25. The minimum atomic E-state index is 0.249. The molecule has 0 aromatic heterocycles. The number of aromatic hydroxyl groups is 1. The van der Waals surface area contributed by atoms with Gasteiger partial charge < -0.3 is 16.6 Å². The molecule has 0 amide bonds. The highest BCUT2D eigenvalue weighted by Gasteiger charge is 2.21. The van der Waals surface area contributed by atoms with Crippen LogP contribution in [0.25, 0.3) is 11.1 Å². The van der Waals surface area contributed by atoms with Gasteiger partial charge in [0.15, 0.2) is 0 Å². The number of phenolic OH excluding ortho intramolecular Hbond substituents is 1. The van der Waals surface area contributed by atoms with Crippen LogP contribution in [-0.4, -0.2) is 5.11 Å². The van der Waals surface area contributed by atoms with Gasteiger partial charge in [0.25, 0.3) is 0 Å². The van der Waals surface area contributed by atoms with Crippen LogP contribution in [0.4, 0.5) is 11.4 Å². The Hall–Kier alpha value is -2.16. The fourth-order valence-corrected chi connectivity index (χ4v) is 2.37. The summed E-state index contributed by atoms with van der Waals surface area (Å²) in [6.07, 6.45) is 0.786. The van der Waals surface area contributed by atoms with E-state index < -0.39 is 0 Å². The predicted octanol–water partition coefficient (Wildman–Crippen LogP) is 2.13. The molecule has 1 aliphatic rings. The van der Waals surface area contributed by atoms with Crippen molar-refractivity contribution < 1.29 is 5.11 Å². The molecule has 0 heterocycles. The molecule has 0 bridgehead atoms. The van der Waals surface area contributed by atoms with E-state index in [9.17, 15) is 5.11 Å². The first-order valence-corrected chi connectivity index (χ1v) is 5.15.